The highest BCUT2D eigenvalue weighted by Gasteiger charge is 2.43. The zero-order valence-corrected chi connectivity index (χ0v) is 18.1. The van der Waals surface area contributed by atoms with Gasteiger partial charge in [0.2, 0.25) is 5.91 Å². The van der Waals surface area contributed by atoms with Crippen molar-refractivity contribution in [3.05, 3.63) is 36.5 Å². The topological polar surface area (TPSA) is 68.6 Å². The number of aromatic nitrogens is 2. The summed E-state index contributed by atoms with van der Waals surface area (Å²) in [7, 11) is 9.35. The Kier molecular flexibility index (Phi) is 5.39. The maximum absolute atomic E-state index is 12.6. The van der Waals surface area contributed by atoms with Crippen molar-refractivity contribution in [2.24, 2.45) is 18.9 Å². The van der Waals surface area contributed by atoms with Gasteiger partial charge in [0, 0.05) is 24.9 Å². The van der Waals surface area contributed by atoms with Crippen LogP contribution in [0, 0.1) is 11.8 Å². The number of fused-ring (bicyclic) bond motifs is 1. The smallest absolute Gasteiger partial charge is 0.228 e. The number of anilines is 1. The third kappa shape index (κ3) is 3.73. The summed E-state index contributed by atoms with van der Waals surface area (Å²) in [6.45, 7) is 0.938. The van der Waals surface area contributed by atoms with Gasteiger partial charge in [-0.2, -0.15) is 0 Å². The summed E-state index contributed by atoms with van der Waals surface area (Å²) < 4.78 is 13.2. The number of hydrogen-bond donors (Lipinski definition) is 1. The molecule has 1 N–H and O–H groups in total. The second-order valence-electron chi connectivity index (χ2n) is 8.11. The van der Waals surface area contributed by atoms with Gasteiger partial charge in [0.05, 0.1) is 37.2 Å². The van der Waals surface area contributed by atoms with Gasteiger partial charge in [0.25, 0.3) is 0 Å². The summed E-state index contributed by atoms with van der Waals surface area (Å²) >= 11 is 0. The minimum Gasteiger partial charge on any atom is -0.496 e. The minimum absolute atomic E-state index is 0.0521. The molecule has 0 spiro atoms. The van der Waals surface area contributed by atoms with Crippen LogP contribution in [0.4, 0.5) is 5.82 Å². The predicted octanol–water partition coefficient (Wildman–Crippen LogP) is 3.39. The molecule has 7 heteroatoms. The molecule has 1 aliphatic rings. The lowest BCUT2D eigenvalue weighted by molar-refractivity contribution is -0.117. The Morgan fingerprint density at radius 3 is 2.57 bits per heavy atom. The molecule has 2 heterocycles. The van der Waals surface area contributed by atoms with E-state index in [0.717, 1.165) is 46.6 Å². The molecule has 158 valence electrons. The first-order valence-corrected chi connectivity index (χ1v) is 10.0. The van der Waals surface area contributed by atoms with Crippen molar-refractivity contribution < 1.29 is 14.3 Å². The summed E-state index contributed by atoms with van der Waals surface area (Å²) in [5, 5.41) is 3.98. The second kappa shape index (κ2) is 7.99. The van der Waals surface area contributed by atoms with E-state index < -0.39 is 0 Å². The summed E-state index contributed by atoms with van der Waals surface area (Å²) in [6.07, 6.45) is 2.73. The number of pyridine rings is 1. The molecule has 1 aromatic carbocycles. The lowest BCUT2D eigenvalue weighted by atomic mass is 10.1. The fourth-order valence-corrected chi connectivity index (χ4v) is 4.10. The fourth-order valence-electron chi connectivity index (χ4n) is 4.10. The van der Waals surface area contributed by atoms with Crippen molar-refractivity contribution in [2.75, 3.05) is 40.2 Å². The highest BCUT2D eigenvalue weighted by Crippen LogP contribution is 2.41. The first-order chi connectivity index (χ1) is 14.4. The van der Waals surface area contributed by atoms with E-state index in [1.54, 1.807) is 20.4 Å². The second-order valence-corrected chi connectivity index (χ2v) is 8.11. The quantitative estimate of drug-likeness (QED) is 0.649. The van der Waals surface area contributed by atoms with Gasteiger partial charge in [0.1, 0.15) is 17.3 Å². The van der Waals surface area contributed by atoms with E-state index in [2.05, 4.69) is 25.8 Å². The molecule has 0 radical (unpaired) electrons. The molecule has 7 nitrogen and oxygen atoms in total. The number of amides is 1. The monoisotopic (exact) mass is 408 g/mol. The molecule has 30 heavy (non-hydrogen) atoms. The van der Waals surface area contributed by atoms with Crippen molar-refractivity contribution >= 4 is 22.6 Å². The number of benzene rings is 1. The van der Waals surface area contributed by atoms with E-state index in [1.807, 2.05) is 45.4 Å². The van der Waals surface area contributed by atoms with Crippen LogP contribution in [0.1, 0.15) is 6.42 Å². The van der Waals surface area contributed by atoms with Crippen LogP contribution in [0.3, 0.4) is 0 Å². The molecule has 3 aromatic rings. The molecule has 0 bridgehead atoms. The third-order valence-electron chi connectivity index (χ3n) is 5.72. The molecular weight excluding hydrogens is 380 g/mol. The van der Waals surface area contributed by atoms with Crippen LogP contribution in [0.15, 0.2) is 36.5 Å². The van der Waals surface area contributed by atoms with Gasteiger partial charge in [-0.05, 0) is 50.7 Å². The average Bonchev–Trinajstić information content (AvgIpc) is 3.42. The fraction of sp³-hybridized carbons (Fsp3) is 0.391. The van der Waals surface area contributed by atoms with Crippen LogP contribution in [-0.2, 0) is 11.8 Å². The molecule has 1 fully saturated rings. The Morgan fingerprint density at radius 1 is 1.23 bits per heavy atom. The zero-order valence-electron chi connectivity index (χ0n) is 18.1. The molecule has 1 unspecified atom stereocenters. The first kappa shape index (κ1) is 20.2. The molecule has 0 saturated heterocycles. The number of carbonyl (C=O) groups excluding carboxylic acids is 1. The summed E-state index contributed by atoms with van der Waals surface area (Å²) in [5.41, 5.74) is 2.81. The van der Waals surface area contributed by atoms with Crippen molar-refractivity contribution in [1.29, 1.82) is 0 Å². The lowest BCUT2D eigenvalue weighted by Gasteiger charge is -2.13. The molecule has 0 aliphatic heterocycles. The first-order valence-electron chi connectivity index (χ1n) is 10.0. The van der Waals surface area contributed by atoms with Crippen LogP contribution >= 0.6 is 0 Å². The van der Waals surface area contributed by atoms with Gasteiger partial charge in [-0.1, -0.05) is 6.07 Å². The molecule has 2 aromatic heterocycles. The standard InChI is InChI=1S/C23H28N4O3/c1-26(2)13-15-9-16(15)23(28)25-21-11-14-10-17(27(3)18(14)12-24-21)22-19(29-4)7-6-8-20(22)30-5/h6-8,10-12,15-16H,9,13H2,1-5H3,(H,24,25,28)/t15-,16?/m1/s1. The predicted molar refractivity (Wildman–Crippen MR) is 118 cm³/mol. The van der Waals surface area contributed by atoms with Crippen LogP contribution < -0.4 is 14.8 Å². The van der Waals surface area contributed by atoms with Gasteiger partial charge < -0.3 is 24.3 Å². The van der Waals surface area contributed by atoms with E-state index in [4.69, 9.17) is 9.47 Å². The van der Waals surface area contributed by atoms with Crippen molar-refractivity contribution in [3.63, 3.8) is 0 Å². The van der Waals surface area contributed by atoms with Gasteiger partial charge in [-0.25, -0.2) is 4.98 Å². The highest BCUT2D eigenvalue weighted by atomic mass is 16.5. The Morgan fingerprint density at radius 2 is 1.93 bits per heavy atom. The van der Waals surface area contributed by atoms with Crippen LogP contribution in [0.5, 0.6) is 11.5 Å². The van der Waals surface area contributed by atoms with Gasteiger partial charge in [0.15, 0.2) is 0 Å². The Bertz CT molecular complexity index is 1070. The van der Waals surface area contributed by atoms with Gasteiger partial charge in [-0.3, -0.25) is 4.79 Å². The zero-order chi connectivity index (χ0) is 21.4. The van der Waals surface area contributed by atoms with Crippen LogP contribution in [-0.4, -0.2) is 55.2 Å². The van der Waals surface area contributed by atoms with Gasteiger partial charge in [-0.15, -0.1) is 0 Å². The van der Waals surface area contributed by atoms with E-state index in [0.29, 0.717) is 11.7 Å². The SMILES string of the molecule is COc1cccc(OC)c1-c1cc2cc(NC(=O)C3C[C@@H]3CN(C)C)ncc2n1C. The third-order valence-corrected chi connectivity index (χ3v) is 5.72. The Hall–Kier alpha value is -3.06. The summed E-state index contributed by atoms with van der Waals surface area (Å²) in [5.74, 6) is 2.62. The van der Waals surface area contributed by atoms with Gasteiger partial charge >= 0.3 is 0 Å². The molecule has 1 amide bonds. The number of hydrogen-bond acceptors (Lipinski definition) is 5. The maximum Gasteiger partial charge on any atom is 0.228 e. The highest BCUT2D eigenvalue weighted by molar-refractivity contribution is 5.96. The summed E-state index contributed by atoms with van der Waals surface area (Å²) in [4.78, 5) is 19.2. The van der Waals surface area contributed by atoms with Crippen LogP contribution in [0.2, 0.25) is 0 Å². The van der Waals surface area contributed by atoms with E-state index in [-0.39, 0.29) is 11.8 Å². The molecule has 2 atom stereocenters. The Balaban J connectivity index is 1.63. The van der Waals surface area contributed by atoms with Crippen LogP contribution in [0.25, 0.3) is 22.2 Å². The van der Waals surface area contributed by atoms with Crippen molar-refractivity contribution in [2.45, 2.75) is 6.42 Å². The maximum atomic E-state index is 12.6. The van der Waals surface area contributed by atoms with Crippen molar-refractivity contribution in [1.82, 2.24) is 14.5 Å². The molecular formula is C23H28N4O3. The molecule has 1 saturated carbocycles. The van der Waals surface area contributed by atoms with E-state index >= 15 is 0 Å². The number of nitrogens with one attached hydrogen (secondary N) is 1. The van der Waals surface area contributed by atoms with Crippen molar-refractivity contribution in [3.8, 4) is 22.8 Å². The number of nitrogens with zero attached hydrogens (tertiary/aromatic N) is 3. The molecule has 4 rings (SSSR count). The number of rotatable bonds is 7. The number of aryl methyl sites for hydroxylation is 1. The van der Waals surface area contributed by atoms with E-state index in [9.17, 15) is 4.79 Å². The minimum atomic E-state index is 0.0521. The Labute approximate surface area is 176 Å². The number of carbonyl (C=O) groups is 1. The summed E-state index contributed by atoms with van der Waals surface area (Å²) in [6, 6.07) is 9.72. The molecule has 1 aliphatic carbocycles. The normalized spacial score (nSPS) is 17.9. The number of ether oxygens (including phenoxy) is 2. The number of methoxy groups -OCH3 is 2. The average molecular weight is 409 g/mol. The lowest BCUT2D eigenvalue weighted by Crippen LogP contribution is -2.20. The van der Waals surface area contributed by atoms with E-state index in [1.165, 1.54) is 0 Å². The largest absolute Gasteiger partial charge is 0.496 e.